The summed E-state index contributed by atoms with van der Waals surface area (Å²) < 4.78 is 5.63. The minimum absolute atomic E-state index is 0.0581. The number of carbonyl (C=O) groups excluding carboxylic acids is 1. The Labute approximate surface area is 151 Å². The molecule has 3 heteroatoms. The van der Waals surface area contributed by atoms with Crippen molar-refractivity contribution in [3.63, 3.8) is 0 Å². The van der Waals surface area contributed by atoms with Crippen LogP contribution in [0.2, 0.25) is 5.02 Å². The molecule has 0 radical (unpaired) electrons. The average molecular weight is 349 g/mol. The first kappa shape index (κ1) is 19.2. The first-order valence-electron chi connectivity index (χ1n) is 9.01. The molecule has 0 N–H and O–H groups in total. The SMILES string of the molecule is COC1(C)CCCC(c2ccc(Cl)cc2)C1.O=CC1=CCCCC1. The molecule has 24 heavy (non-hydrogen) atoms. The van der Waals surface area contributed by atoms with E-state index in [2.05, 4.69) is 19.1 Å². The smallest absolute Gasteiger partial charge is 0.145 e. The summed E-state index contributed by atoms with van der Waals surface area (Å²) in [4.78, 5) is 10.1. The molecule has 2 aliphatic carbocycles. The van der Waals surface area contributed by atoms with E-state index >= 15 is 0 Å². The zero-order valence-electron chi connectivity index (χ0n) is 14.9. The number of benzene rings is 1. The largest absolute Gasteiger partial charge is 0.379 e. The minimum Gasteiger partial charge on any atom is -0.379 e. The van der Waals surface area contributed by atoms with Crippen LogP contribution in [-0.4, -0.2) is 19.0 Å². The minimum atomic E-state index is 0.0581. The fourth-order valence-electron chi connectivity index (χ4n) is 3.62. The van der Waals surface area contributed by atoms with Gasteiger partial charge in [-0.2, -0.15) is 0 Å². The van der Waals surface area contributed by atoms with E-state index in [0.29, 0.717) is 5.92 Å². The molecular weight excluding hydrogens is 320 g/mol. The highest BCUT2D eigenvalue weighted by Gasteiger charge is 2.32. The Bertz CT molecular complexity index is 549. The van der Waals surface area contributed by atoms with Crippen LogP contribution >= 0.6 is 11.6 Å². The summed E-state index contributed by atoms with van der Waals surface area (Å²) in [6.45, 7) is 2.22. The second-order valence-electron chi connectivity index (χ2n) is 7.14. The molecule has 3 rings (SSSR count). The lowest BCUT2D eigenvalue weighted by Crippen LogP contribution is -2.33. The van der Waals surface area contributed by atoms with Crippen LogP contribution in [0.15, 0.2) is 35.9 Å². The monoisotopic (exact) mass is 348 g/mol. The third-order valence-corrected chi connectivity index (χ3v) is 5.50. The van der Waals surface area contributed by atoms with Crippen molar-refractivity contribution in [3.05, 3.63) is 46.5 Å². The van der Waals surface area contributed by atoms with E-state index in [1.807, 2.05) is 25.3 Å². The average Bonchev–Trinajstić information content (AvgIpc) is 2.63. The van der Waals surface area contributed by atoms with E-state index in [4.69, 9.17) is 16.3 Å². The summed E-state index contributed by atoms with van der Waals surface area (Å²) >= 11 is 5.91. The van der Waals surface area contributed by atoms with Gasteiger partial charge >= 0.3 is 0 Å². The quantitative estimate of drug-likeness (QED) is 0.618. The maximum atomic E-state index is 10.1. The molecular formula is C21H29ClO2. The van der Waals surface area contributed by atoms with Gasteiger partial charge in [-0.3, -0.25) is 4.79 Å². The maximum absolute atomic E-state index is 10.1. The third-order valence-electron chi connectivity index (χ3n) is 5.25. The predicted molar refractivity (Wildman–Crippen MR) is 101 cm³/mol. The van der Waals surface area contributed by atoms with Crippen molar-refractivity contribution >= 4 is 17.9 Å². The van der Waals surface area contributed by atoms with Gasteiger partial charge in [0, 0.05) is 12.1 Å². The highest BCUT2D eigenvalue weighted by molar-refractivity contribution is 6.30. The van der Waals surface area contributed by atoms with Crippen molar-refractivity contribution in [3.8, 4) is 0 Å². The molecule has 1 aromatic carbocycles. The van der Waals surface area contributed by atoms with E-state index in [0.717, 1.165) is 36.1 Å². The Morgan fingerprint density at radius 3 is 2.50 bits per heavy atom. The molecule has 2 nitrogen and oxygen atoms in total. The zero-order valence-corrected chi connectivity index (χ0v) is 15.6. The van der Waals surface area contributed by atoms with Crippen LogP contribution in [-0.2, 0) is 9.53 Å². The highest BCUT2D eigenvalue weighted by Crippen LogP contribution is 2.40. The van der Waals surface area contributed by atoms with Crippen LogP contribution < -0.4 is 0 Å². The van der Waals surface area contributed by atoms with Gasteiger partial charge in [0.15, 0.2) is 0 Å². The van der Waals surface area contributed by atoms with Gasteiger partial charge in [-0.05, 0) is 87.5 Å². The summed E-state index contributed by atoms with van der Waals surface area (Å²) in [5.41, 5.74) is 2.45. The van der Waals surface area contributed by atoms with Gasteiger partial charge < -0.3 is 4.74 Å². The first-order valence-corrected chi connectivity index (χ1v) is 9.39. The van der Waals surface area contributed by atoms with Crippen LogP contribution in [0.5, 0.6) is 0 Å². The highest BCUT2D eigenvalue weighted by atomic mass is 35.5. The topological polar surface area (TPSA) is 26.3 Å². The van der Waals surface area contributed by atoms with Crippen molar-refractivity contribution in [1.82, 2.24) is 0 Å². The normalized spacial score (nSPS) is 26.8. The summed E-state index contributed by atoms with van der Waals surface area (Å²) in [6, 6.07) is 8.26. The summed E-state index contributed by atoms with van der Waals surface area (Å²) in [5, 5.41) is 0.814. The van der Waals surface area contributed by atoms with Crippen molar-refractivity contribution in [2.45, 2.75) is 69.8 Å². The Morgan fingerprint density at radius 2 is 1.96 bits per heavy atom. The fourth-order valence-corrected chi connectivity index (χ4v) is 3.75. The van der Waals surface area contributed by atoms with Gasteiger partial charge in [-0.15, -0.1) is 0 Å². The van der Waals surface area contributed by atoms with E-state index in [1.165, 1.54) is 37.7 Å². The van der Waals surface area contributed by atoms with Crippen LogP contribution in [0, 0.1) is 0 Å². The molecule has 0 bridgehead atoms. The van der Waals surface area contributed by atoms with Crippen LogP contribution in [0.3, 0.4) is 0 Å². The molecule has 2 aliphatic rings. The van der Waals surface area contributed by atoms with Gasteiger partial charge in [-0.1, -0.05) is 29.8 Å². The second-order valence-corrected chi connectivity index (χ2v) is 7.58. The number of hydrogen-bond acceptors (Lipinski definition) is 2. The number of ether oxygens (including phenoxy) is 1. The maximum Gasteiger partial charge on any atom is 0.145 e. The number of methoxy groups -OCH3 is 1. The predicted octanol–water partition coefficient (Wildman–Crippen LogP) is 6.09. The number of carbonyl (C=O) groups is 1. The molecule has 2 atom stereocenters. The Kier molecular flexibility index (Phi) is 7.51. The Balaban J connectivity index is 0.000000219. The lowest BCUT2D eigenvalue weighted by atomic mass is 9.76. The van der Waals surface area contributed by atoms with Crippen molar-refractivity contribution in [2.24, 2.45) is 0 Å². The number of allylic oxidation sites excluding steroid dienone is 2. The number of halogens is 1. The molecule has 0 aliphatic heterocycles. The van der Waals surface area contributed by atoms with Crippen LogP contribution in [0.4, 0.5) is 0 Å². The van der Waals surface area contributed by atoms with Crippen molar-refractivity contribution in [2.75, 3.05) is 7.11 Å². The molecule has 0 heterocycles. The van der Waals surface area contributed by atoms with Gasteiger partial charge in [0.05, 0.1) is 5.60 Å². The molecule has 132 valence electrons. The molecule has 1 fully saturated rings. The second kappa shape index (κ2) is 9.39. The molecule has 2 unspecified atom stereocenters. The molecule has 1 aromatic rings. The van der Waals surface area contributed by atoms with Crippen LogP contribution in [0.1, 0.15) is 69.8 Å². The zero-order chi connectivity index (χ0) is 17.4. The van der Waals surface area contributed by atoms with Gasteiger partial charge in [0.2, 0.25) is 0 Å². The Morgan fingerprint density at radius 1 is 1.21 bits per heavy atom. The van der Waals surface area contributed by atoms with Gasteiger partial charge in [0.1, 0.15) is 6.29 Å². The molecule has 1 saturated carbocycles. The lowest BCUT2D eigenvalue weighted by Gasteiger charge is -2.37. The summed E-state index contributed by atoms with van der Waals surface area (Å²) in [7, 11) is 1.82. The van der Waals surface area contributed by atoms with Crippen LogP contribution in [0.25, 0.3) is 0 Å². The lowest BCUT2D eigenvalue weighted by molar-refractivity contribution is -0.105. The van der Waals surface area contributed by atoms with E-state index < -0.39 is 0 Å². The number of aldehydes is 1. The van der Waals surface area contributed by atoms with Gasteiger partial charge in [-0.25, -0.2) is 0 Å². The van der Waals surface area contributed by atoms with Crippen molar-refractivity contribution < 1.29 is 9.53 Å². The summed E-state index contributed by atoms with van der Waals surface area (Å²) in [6.07, 6.45) is 12.4. The van der Waals surface area contributed by atoms with E-state index in [1.54, 1.807) is 0 Å². The molecule has 0 amide bonds. The van der Waals surface area contributed by atoms with E-state index in [9.17, 15) is 4.79 Å². The molecule has 0 spiro atoms. The van der Waals surface area contributed by atoms with Crippen molar-refractivity contribution in [1.29, 1.82) is 0 Å². The summed E-state index contributed by atoms with van der Waals surface area (Å²) in [5.74, 6) is 0.621. The van der Waals surface area contributed by atoms with E-state index in [-0.39, 0.29) is 5.60 Å². The van der Waals surface area contributed by atoms with Gasteiger partial charge in [0.25, 0.3) is 0 Å². The fraction of sp³-hybridized carbons (Fsp3) is 0.571. The third kappa shape index (κ3) is 5.75. The standard InChI is InChI=1S/C14H19ClO.C7H10O/c1-14(16-2)9-3-4-12(10-14)11-5-7-13(15)8-6-11;8-6-7-4-2-1-3-5-7/h5-8,12H,3-4,9-10H2,1-2H3;4,6H,1-3,5H2. The molecule has 0 aromatic heterocycles. The Hall–Kier alpha value is -1.12. The number of hydrogen-bond donors (Lipinski definition) is 0. The first-order chi connectivity index (χ1) is 11.6. The number of rotatable bonds is 3. The molecule has 0 saturated heterocycles.